The van der Waals surface area contributed by atoms with Crippen LogP contribution in [0.25, 0.3) is 0 Å². The van der Waals surface area contributed by atoms with Crippen LogP contribution in [0.3, 0.4) is 0 Å². The molecule has 5 heteroatoms. The van der Waals surface area contributed by atoms with Crippen LogP contribution >= 0.6 is 23.4 Å². The van der Waals surface area contributed by atoms with Crippen LogP contribution in [-0.2, 0) is 11.2 Å². The Morgan fingerprint density at radius 1 is 0.967 bits per heavy atom. The minimum Gasteiger partial charge on any atom is -0.492 e. The van der Waals surface area contributed by atoms with Gasteiger partial charge in [-0.25, -0.2) is 4.39 Å². The lowest BCUT2D eigenvalue weighted by atomic mass is 9.87. The number of thioether (sulfide) groups is 1. The number of ether oxygens (including phenoxy) is 2. The van der Waals surface area contributed by atoms with Crippen molar-refractivity contribution < 1.29 is 13.9 Å². The molecule has 0 unspecified atom stereocenters. The number of halogens is 2. The van der Waals surface area contributed by atoms with E-state index in [2.05, 4.69) is 19.9 Å². The highest BCUT2D eigenvalue weighted by Crippen LogP contribution is 2.35. The molecule has 0 amide bonds. The van der Waals surface area contributed by atoms with Crippen LogP contribution in [0.4, 0.5) is 4.39 Å². The van der Waals surface area contributed by atoms with Gasteiger partial charge < -0.3 is 9.47 Å². The standard InChI is InChI=1S/C25H26ClFO2S/c1-4-28-23-13-11-19(15-21(23)26)25(2,3)17-30-16-18-10-12-22(27)24(14-18)29-20-8-6-5-7-9-20/h5-15H,4,16-17H2,1-3H3. The van der Waals surface area contributed by atoms with Crippen molar-refractivity contribution in [2.45, 2.75) is 31.9 Å². The molecule has 0 N–H and O–H groups in total. The fourth-order valence-electron chi connectivity index (χ4n) is 3.03. The first-order valence-electron chi connectivity index (χ1n) is 9.91. The summed E-state index contributed by atoms with van der Waals surface area (Å²) in [6.45, 7) is 6.92. The monoisotopic (exact) mass is 444 g/mol. The molecule has 0 saturated heterocycles. The fraction of sp³-hybridized carbons (Fsp3) is 0.280. The molecule has 0 heterocycles. The van der Waals surface area contributed by atoms with Gasteiger partial charge in [-0.1, -0.05) is 55.8 Å². The second-order valence-electron chi connectivity index (χ2n) is 7.63. The number of hydrogen-bond donors (Lipinski definition) is 0. The normalized spacial score (nSPS) is 11.4. The molecule has 30 heavy (non-hydrogen) atoms. The Morgan fingerprint density at radius 2 is 1.73 bits per heavy atom. The Kier molecular flexibility index (Phi) is 7.68. The molecular weight excluding hydrogens is 419 g/mol. The number of benzene rings is 3. The van der Waals surface area contributed by atoms with E-state index in [0.717, 1.165) is 22.6 Å². The Labute approximate surface area is 187 Å². The maximum Gasteiger partial charge on any atom is 0.165 e. The maximum absolute atomic E-state index is 14.2. The van der Waals surface area contributed by atoms with Crippen molar-refractivity contribution in [2.75, 3.05) is 12.4 Å². The van der Waals surface area contributed by atoms with E-state index in [9.17, 15) is 4.39 Å². The summed E-state index contributed by atoms with van der Waals surface area (Å²) in [5.41, 5.74) is 2.12. The lowest BCUT2D eigenvalue weighted by molar-refractivity contribution is 0.340. The van der Waals surface area contributed by atoms with Gasteiger partial charge in [0.1, 0.15) is 11.5 Å². The zero-order valence-corrected chi connectivity index (χ0v) is 19.0. The van der Waals surface area contributed by atoms with Crippen LogP contribution in [-0.4, -0.2) is 12.4 Å². The highest BCUT2D eigenvalue weighted by molar-refractivity contribution is 7.98. The third-order valence-electron chi connectivity index (χ3n) is 4.71. The molecule has 0 bridgehead atoms. The highest BCUT2D eigenvalue weighted by atomic mass is 35.5. The smallest absolute Gasteiger partial charge is 0.165 e. The Balaban J connectivity index is 1.63. The summed E-state index contributed by atoms with van der Waals surface area (Å²) in [6, 6.07) is 20.3. The van der Waals surface area contributed by atoms with Crippen molar-refractivity contribution in [3.05, 3.63) is 88.7 Å². The van der Waals surface area contributed by atoms with Crippen molar-refractivity contribution in [2.24, 2.45) is 0 Å². The van der Waals surface area contributed by atoms with Gasteiger partial charge in [0.2, 0.25) is 0 Å². The average molecular weight is 445 g/mol. The van der Waals surface area contributed by atoms with Crippen molar-refractivity contribution in [1.82, 2.24) is 0 Å². The first kappa shape index (κ1) is 22.5. The average Bonchev–Trinajstić information content (AvgIpc) is 2.72. The minimum absolute atomic E-state index is 0.0670. The first-order chi connectivity index (χ1) is 14.4. The van der Waals surface area contributed by atoms with Gasteiger partial charge >= 0.3 is 0 Å². The van der Waals surface area contributed by atoms with Crippen molar-refractivity contribution in [1.29, 1.82) is 0 Å². The van der Waals surface area contributed by atoms with E-state index in [1.807, 2.05) is 49.4 Å². The molecule has 0 aliphatic heterocycles. The molecule has 0 spiro atoms. The minimum atomic E-state index is -0.364. The second kappa shape index (κ2) is 10.2. The molecule has 158 valence electrons. The molecule has 0 atom stereocenters. The molecule has 0 radical (unpaired) electrons. The van der Waals surface area contributed by atoms with E-state index in [4.69, 9.17) is 21.1 Å². The summed E-state index contributed by atoms with van der Waals surface area (Å²) in [5, 5.41) is 0.633. The van der Waals surface area contributed by atoms with Crippen LogP contribution in [0.2, 0.25) is 5.02 Å². The van der Waals surface area contributed by atoms with Gasteiger partial charge in [0.05, 0.1) is 11.6 Å². The highest BCUT2D eigenvalue weighted by Gasteiger charge is 2.22. The number of rotatable bonds is 9. The third kappa shape index (κ3) is 5.93. The predicted molar refractivity (Wildman–Crippen MR) is 125 cm³/mol. The fourth-order valence-corrected chi connectivity index (χ4v) is 4.46. The molecule has 0 aliphatic rings. The summed E-state index contributed by atoms with van der Waals surface area (Å²) < 4.78 is 25.4. The van der Waals surface area contributed by atoms with E-state index < -0.39 is 0 Å². The zero-order valence-electron chi connectivity index (χ0n) is 17.5. The summed E-state index contributed by atoms with van der Waals surface area (Å²) in [4.78, 5) is 0. The molecule has 0 saturated carbocycles. The molecule has 0 aromatic heterocycles. The van der Waals surface area contributed by atoms with Gasteiger partial charge in [0.15, 0.2) is 11.6 Å². The van der Waals surface area contributed by atoms with Gasteiger partial charge in [0.25, 0.3) is 0 Å². The zero-order chi connectivity index (χ0) is 21.6. The summed E-state index contributed by atoms with van der Waals surface area (Å²) in [5.74, 6) is 2.87. The van der Waals surface area contributed by atoms with E-state index in [-0.39, 0.29) is 17.0 Å². The van der Waals surface area contributed by atoms with Crippen LogP contribution < -0.4 is 9.47 Å². The van der Waals surface area contributed by atoms with E-state index in [1.54, 1.807) is 23.9 Å². The first-order valence-corrected chi connectivity index (χ1v) is 11.4. The SMILES string of the molecule is CCOc1ccc(C(C)(C)CSCc2ccc(F)c(Oc3ccccc3)c2)cc1Cl. The van der Waals surface area contributed by atoms with Crippen LogP contribution in [0.1, 0.15) is 31.9 Å². The molecule has 0 aliphatic carbocycles. The van der Waals surface area contributed by atoms with Gasteiger partial charge in [-0.15, -0.1) is 0 Å². The Hall–Kier alpha value is -2.17. The van der Waals surface area contributed by atoms with Crippen LogP contribution in [0.5, 0.6) is 17.2 Å². The van der Waals surface area contributed by atoms with E-state index in [1.165, 1.54) is 6.07 Å². The number of hydrogen-bond acceptors (Lipinski definition) is 3. The lowest BCUT2D eigenvalue weighted by Gasteiger charge is -2.25. The summed E-state index contributed by atoms with van der Waals surface area (Å²) in [7, 11) is 0. The van der Waals surface area contributed by atoms with Gasteiger partial charge in [0, 0.05) is 11.5 Å². The lowest BCUT2D eigenvalue weighted by Crippen LogP contribution is -2.20. The summed E-state index contributed by atoms with van der Waals surface area (Å²) in [6.07, 6.45) is 0. The van der Waals surface area contributed by atoms with Gasteiger partial charge in [-0.3, -0.25) is 0 Å². The van der Waals surface area contributed by atoms with Crippen molar-refractivity contribution in [3.63, 3.8) is 0 Å². The predicted octanol–water partition coefficient (Wildman–Crippen LogP) is 7.88. The Morgan fingerprint density at radius 3 is 2.43 bits per heavy atom. The number of para-hydroxylation sites is 1. The molecule has 0 fully saturated rings. The molecule has 3 aromatic rings. The third-order valence-corrected chi connectivity index (χ3v) is 6.47. The Bertz CT molecular complexity index is 976. The maximum atomic E-state index is 14.2. The van der Waals surface area contributed by atoms with Gasteiger partial charge in [-0.2, -0.15) is 11.8 Å². The molecular formula is C25H26ClFO2S. The van der Waals surface area contributed by atoms with Crippen LogP contribution in [0, 0.1) is 5.82 Å². The molecule has 2 nitrogen and oxygen atoms in total. The topological polar surface area (TPSA) is 18.5 Å². The molecule has 3 aromatic carbocycles. The van der Waals surface area contributed by atoms with Crippen LogP contribution in [0.15, 0.2) is 66.7 Å². The molecule has 3 rings (SSSR count). The largest absolute Gasteiger partial charge is 0.492 e. The van der Waals surface area contributed by atoms with E-state index >= 15 is 0 Å². The summed E-state index contributed by atoms with van der Waals surface area (Å²) >= 11 is 8.16. The van der Waals surface area contributed by atoms with E-state index in [0.29, 0.717) is 23.1 Å². The van der Waals surface area contributed by atoms with Gasteiger partial charge in [-0.05, 0) is 59.9 Å². The quantitative estimate of drug-likeness (QED) is 0.334. The van der Waals surface area contributed by atoms with Crippen molar-refractivity contribution in [3.8, 4) is 17.2 Å². The van der Waals surface area contributed by atoms with Crippen molar-refractivity contribution >= 4 is 23.4 Å². The second-order valence-corrected chi connectivity index (χ2v) is 9.03.